The molecule has 0 radical (unpaired) electrons. The van der Waals surface area contributed by atoms with E-state index >= 15 is 0 Å². The van der Waals surface area contributed by atoms with Crippen LogP contribution in [0.25, 0.3) is 0 Å². The zero-order valence-electron chi connectivity index (χ0n) is 12.9. The largest absolute Gasteiger partial charge is 0.310 e. The SMILES string of the molecule is CCN(C(=O)[C@@H](C)Sc1ccc([N+](=O)[O-])cc1)c1cccnc1. The van der Waals surface area contributed by atoms with Gasteiger partial charge in [0.05, 0.1) is 22.1 Å². The minimum absolute atomic E-state index is 0.0242. The first kappa shape index (κ1) is 17.0. The molecule has 2 rings (SSSR count). The standard InChI is InChI=1S/C16H17N3O3S/c1-3-18(14-5-4-10-17-11-14)16(20)12(2)23-15-8-6-13(7-9-15)19(21)22/h4-12H,3H2,1-2H3/t12-/m1/s1. The maximum Gasteiger partial charge on any atom is 0.269 e. The second-order valence-electron chi connectivity index (χ2n) is 4.80. The highest BCUT2D eigenvalue weighted by Gasteiger charge is 2.22. The van der Waals surface area contributed by atoms with Crippen molar-refractivity contribution in [2.24, 2.45) is 0 Å². The zero-order valence-corrected chi connectivity index (χ0v) is 13.7. The predicted octanol–water partition coefficient (Wildman–Crippen LogP) is 3.52. The maximum atomic E-state index is 12.6. The van der Waals surface area contributed by atoms with Gasteiger partial charge >= 0.3 is 0 Å². The number of non-ortho nitro benzene ring substituents is 1. The van der Waals surface area contributed by atoms with Gasteiger partial charge in [0.25, 0.3) is 5.69 Å². The number of nitrogens with zero attached hydrogens (tertiary/aromatic N) is 3. The summed E-state index contributed by atoms with van der Waals surface area (Å²) >= 11 is 1.38. The van der Waals surface area contributed by atoms with Crippen molar-refractivity contribution in [3.8, 4) is 0 Å². The topological polar surface area (TPSA) is 76.3 Å². The quantitative estimate of drug-likeness (QED) is 0.460. The van der Waals surface area contributed by atoms with Gasteiger partial charge in [0.1, 0.15) is 0 Å². The number of aromatic nitrogens is 1. The van der Waals surface area contributed by atoms with Crippen LogP contribution in [-0.4, -0.2) is 27.6 Å². The number of nitro benzene ring substituents is 1. The van der Waals surface area contributed by atoms with E-state index in [1.165, 1.54) is 23.9 Å². The van der Waals surface area contributed by atoms with Crippen LogP contribution in [0.5, 0.6) is 0 Å². The van der Waals surface area contributed by atoms with Gasteiger partial charge in [0.15, 0.2) is 0 Å². The normalized spacial score (nSPS) is 11.7. The minimum Gasteiger partial charge on any atom is -0.310 e. The number of thioether (sulfide) groups is 1. The fourth-order valence-corrected chi connectivity index (χ4v) is 3.03. The molecule has 6 nitrogen and oxygen atoms in total. The number of hydrogen-bond acceptors (Lipinski definition) is 5. The molecule has 0 saturated heterocycles. The number of rotatable bonds is 6. The molecular weight excluding hydrogens is 314 g/mol. The first-order chi connectivity index (χ1) is 11.0. The highest BCUT2D eigenvalue weighted by atomic mass is 32.2. The summed E-state index contributed by atoms with van der Waals surface area (Å²) in [6.07, 6.45) is 3.32. The van der Waals surface area contributed by atoms with E-state index in [1.54, 1.807) is 35.5 Å². The number of carbonyl (C=O) groups is 1. The Morgan fingerprint density at radius 1 is 1.35 bits per heavy atom. The number of anilines is 1. The van der Waals surface area contributed by atoms with Crippen LogP contribution in [-0.2, 0) is 4.79 Å². The van der Waals surface area contributed by atoms with Crippen LogP contribution < -0.4 is 4.90 Å². The summed E-state index contributed by atoms with van der Waals surface area (Å²) in [5.41, 5.74) is 0.801. The Morgan fingerprint density at radius 3 is 2.57 bits per heavy atom. The molecule has 120 valence electrons. The lowest BCUT2D eigenvalue weighted by Gasteiger charge is -2.24. The van der Waals surface area contributed by atoms with Crippen molar-refractivity contribution >= 4 is 29.0 Å². The summed E-state index contributed by atoms with van der Waals surface area (Å²) in [5, 5.41) is 10.4. The average molecular weight is 331 g/mol. The molecule has 0 aliphatic carbocycles. The number of benzene rings is 1. The lowest BCUT2D eigenvalue weighted by molar-refractivity contribution is -0.384. The number of amides is 1. The number of nitro groups is 1. The second kappa shape index (κ2) is 7.73. The van der Waals surface area contributed by atoms with Crippen LogP contribution in [0.2, 0.25) is 0 Å². The van der Waals surface area contributed by atoms with E-state index in [-0.39, 0.29) is 16.8 Å². The number of carbonyl (C=O) groups excluding carboxylic acids is 1. The van der Waals surface area contributed by atoms with E-state index in [2.05, 4.69) is 4.98 Å². The monoisotopic (exact) mass is 331 g/mol. The van der Waals surface area contributed by atoms with E-state index < -0.39 is 4.92 Å². The van der Waals surface area contributed by atoms with E-state index in [1.807, 2.05) is 19.9 Å². The Bertz CT molecular complexity index is 677. The molecule has 1 heterocycles. The van der Waals surface area contributed by atoms with Gasteiger partial charge < -0.3 is 4.90 Å². The highest BCUT2D eigenvalue weighted by Crippen LogP contribution is 2.27. The van der Waals surface area contributed by atoms with Crippen LogP contribution in [0.4, 0.5) is 11.4 Å². The highest BCUT2D eigenvalue weighted by molar-refractivity contribution is 8.00. The third kappa shape index (κ3) is 4.29. The Labute approximate surface area is 138 Å². The number of hydrogen-bond donors (Lipinski definition) is 0. The molecule has 1 amide bonds. The summed E-state index contributed by atoms with van der Waals surface area (Å²) in [7, 11) is 0. The van der Waals surface area contributed by atoms with Gasteiger partial charge in [-0.1, -0.05) is 0 Å². The van der Waals surface area contributed by atoms with Gasteiger partial charge in [-0.05, 0) is 38.1 Å². The molecule has 0 fully saturated rings. The van der Waals surface area contributed by atoms with Gasteiger partial charge in [0.2, 0.25) is 5.91 Å². The fraction of sp³-hybridized carbons (Fsp3) is 0.250. The Kier molecular flexibility index (Phi) is 5.70. The first-order valence-corrected chi connectivity index (χ1v) is 8.03. The summed E-state index contributed by atoms with van der Waals surface area (Å²) in [6, 6.07) is 9.84. The summed E-state index contributed by atoms with van der Waals surface area (Å²) in [4.78, 5) is 29.4. The van der Waals surface area contributed by atoms with Gasteiger partial charge in [-0.15, -0.1) is 11.8 Å². The molecule has 0 spiro atoms. The maximum absolute atomic E-state index is 12.6. The second-order valence-corrected chi connectivity index (χ2v) is 6.22. The lowest BCUT2D eigenvalue weighted by atomic mass is 10.3. The van der Waals surface area contributed by atoms with Crippen LogP contribution >= 0.6 is 11.8 Å². The van der Waals surface area contributed by atoms with Crippen molar-refractivity contribution in [1.29, 1.82) is 0 Å². The van der Waals surface area contributed by atoms with E-state index in [0.717, 1.165) is 10.6 Å². The molecule has 1 atom stereocenters. The van der Waals surface area contributed by atoms with E-state index in [9.17, 15) is 14.9 Å². The predicted molar refractivity (Wildman–Crippen MR) is 90.7 cm³/mol. The van der Waals surface area contributed by atoms with Crippen molar-refractivity contribution in [3.05, 3.63) is 58.9 Å². The molecule has 7 heteroatoms. The molecule has 2 aromatic rings. The molecule has 0 bridgehead atoms. The van der Waals surface area contributed by atoms with Crippen LogP contribution in [0.3, 0.4) is 0 Å². The third-order valence-electron chi connectivity index (χ3n) is 3.25. The molecule has 0 aliphatic heterocycles. The van der Waals surface area contributed by atoms with Gasteiger partial charge in [0, 0.05) is 29.8 Å². The summed E-state index contributed by atoms with van der Waals surface area (Å²) in [6.45, 7) is 4.29. The van der Waals surface area contributed by atoms with Crippen molar-refractivity contribution in [3.63, 3.8) is 0 Å². The fourth-order valence-electron chi connectivity index (χ4n) is 2.10. The molecule has 0 saturated carbocycles. The van der Waals surface area contributed by atoms with E-state index in [0.29, 0.717) is 6.54 Å². The van der Waals surface area contributed by atoms with Gasteiger partial charge in [-0.25, -0.2) is 0 Å². The molecular formula is C16H17N3O3S. The molecule has 0 N–H and O–H groups in total. The number of pyridine rings is 1. The van der Waals surface area contributed by atoms with Crippen molar-refractivity contribution in [1.82, 2.24) is 4.98 Å². The Morgan fingerprint density at radius 2 is 2.04 bits per heavy atom. The van der Waals surface area contributed by atoms with Crippen molar-refractivity contribution in [2.75, 3.05) is 11.4 Å². The summed E-state index contributed by atoms with van der Waals surface area (Å²) in [5.74, 6) is -0.0242. The van der Waals surface area contributed by atoms with Crippen LogP contribution in [0.1, 0.15) is 13.8 Å². The van der Waals surface area contributed by atoms with E-state index in [4.69, 9.17) is 0 Å². The lowest BCUT2D eigenvalue weighted by Crippen LogP contribution is -2.36. The van der Waals surface area contributed by atoms with Gasteiger partial charge in [-0.2, -0.15) is 0 Å². The van der Waals surface area contributed by atoms with Crippen molar-refractivity contribution in [2.45, 2.75) is 24.0 Å². The summed E-state index contributed by atoms with van der Waals surface area (Å²) < 4.78 is 0. The Hall–Kier alpha value is -2.41. The van der Waals surface area contributed by atoms with Crippen LogP contribution in [0.15, 0.2) is 53.7 Å². The molecule has 1 aromatic carbocycles. The smallest absolute Gasteiger partial charge is 0.269 e. The molecule has 23 heavy (non-hydrogen) atoms. The Balaban J connectivity index is 2.08. The van der Waals surface area contributed by atoms with Crippen molar-refractivity contribution < 1.29 is 9.72 Å². The zero-order chi connectivity index (χ0) is 16.8. The van der Waals surface area contributed by atoms with Crippen LogP contribution in [0, 0.1) is 10.1 Å². The third-order valence-corrected chi connectivity index (χ3v) is 4.35. The minimum atomic E-state index is -0.440. The first-order valence-electron chi connectivity index (χ1n) is 7.15. The van der Waals surface area contributed by atoms with Gasteiger partial charge in [-0.3, -0.25) is 19.9 Å². The average Bonchev–Trinajstić information content (AvgIpc) is 2.57. The molecule has 1 aromatic heterocycles. The molecule has 0 unspecified atom stereocenters. The molecule has 0 aliphatic rings.